The van der Waals surface area contributed by atoms with Crippen molar-refractivity contribution >= 4 is 11.6 Å². The highest BCUT2D eigenvalue weighted by Crippen LogP contribution is 2.17. The molecule has 0 heterocycles. The number of hydrogen-bond acceptors (Lipinski definition) is 2. The minimum atomic E-state index is -0.0539. The topological polar surface area (TPSA) is 41.1 Å². The van der Waals surface area contributed by atoms with Crippen LogP contribution in [-0.4, -0.2) is 12.5 Å². The molecule has 0 bridgehead atoms. The largest absolute Gasteiger partial charge is 0.326 e. The Balaban J connectivity index is 2.54. The number of nitrogens with one attached hydrogen (secondary N) is 2. The van der Waals surface area contributed by atoms with Gasteiger partial charge in [0.25, 0.3) is 0 Å². The standard InChI is InChI=1S/C15H20N2O/c1-4-5-6-10-16-12(2)14-8-7-9-15(11-14)17-13(3)18/h1,7-9,11-12,16H,5-6,10H2,2-3H3,(H,17,18). The predicted molar refractivity (Wildman–Crippen MR) is 75.2 cm³/mol. The fourth-order valence-electron chi connectivity index (χ4n) is 1.72. The van der Waals surface area contributed by atoms with Gasteiger partial charge in [0.2, 0.25) is 5.91 Å². The van der Waals surface area contributed by atoms with Gasteiger partial charge in [0.05, 0.1) is 0 Å². The van der Waals surface area contributed by atoms with E-state index in [0.29, 0.717) is 0 Å². The first-order valence-corrected chi connectivity index (χ1v) is 6.18. The average Bonchev–Trinajstić information content (AvgIpc) is 2.34. The number of terminal acetylenes is 1. The lowest BCUT2D eigenvalue weighted by Crippen LogP contribution is -2.20. The van der Waals surface area contributed by atoms with Gasteiger partial charge in [-0.3, -0.25) is 4.79 Å². The Labute approximate surface area is 109 Å². The van der Waals surface area contributed by atoms with Gasteiger partial charge in [-0.15, -0.1) is 12.3 Å². The Morgan fingerprint density at radius 1 is 1.50 bits per heavy atom. The molecule has 1 amide bonds. The molecule has 1 unspecified atom stereocenters. The summed E-state index contributed by atoms with van der Waals surface area (Å²) < 4.78 is 0. The van der Waals surface area contributed by atoms with E-state index in [1.54, 1.807) is 0 Å². The zero-order valence-corrected chi connectivity index (χ0v) is 11.0. The number of benzene rings is 1. The third kappa shape index (κ3) is 5.03. The van der Waals surface area contributed by atoms with Crippen molar-refractivity contribution in [2.45, 2.75) is 32.7 Å². The van der Waals surface area contributed by atoms with E-state index in [1.807, 2.05) is 24.3 Å². The Kier molecular flexibility index (Phi) is 5.96. The molecule has 1 rings (SSSR count). The van der Waals surface area contributed by atoms with Crippen molar-refractivity contribution in [3.05, 3.63) is 29.8 Å². The van der Waals surface area contributed by atoms with Crippen molar-refractivity contribution in [2.75, 3.05) is 11.9 Å². The fourth-order valence-corrected chi connectivity index (χ4v) is 1.72. The maximum absolute atomic E-state index is 11.0. The maximum atomic E-state index is 11.0. The van der Waals surface area contributed by atoms with E-state index < -0.39 is 0 Å². The highest BCUT2D eigenvalue weighted by Gasteiger charge is 2.05. The minimum absolute atomic E-state index is 0.0539. The first-order valence-electron chi connectivity index (χ1n) is 6.18. The molecule has 0 saturated heterocycles. The van der Waals surface area contributed by atoms with Crippen LogP contribution in [-0.2, 0) is 4.79 Å². The second-order valence-corrected chi connectivity index (χ2v) is 4.29. The Morgan fingerprint density at radius 2 is 2.28 bits per heavy atom. The summed E-state index contributed by atoms with van der Waals surface area (Å²) in [6.45, 7) is 4.51. The SMILES string of the molecule is C#CCCCNC(C)c1cccc(NC(C)=O)c1. The smallest absolute Gasteiger partial charge is 0.221 e. The molecule has 0 aromatic heterocycles. The van der Waals surface area contributed by atoms with E-state index in [0.717, 1.165) is 30.6 Å². The third-order valence-electron chi connectivity index (χ3n) is 2.66. The summed E-state index contributed by atoms with van der Waals surface area (Å²) in [7, 11) is 0. The zero-order valence-electron chi connectivity index (χ0n) is 11.0. The quantitative estimate of drug-likeness (QED) is 0.596. The Morgan fingerprint density at radius 3 is 2.94 bits per heavy atom. The van der Waals surface area contributed by atoms with Crippen LogP contribution >= 0.6 is 0 Å². The molecule has 3 heteroatoms. The number of carbonyl (C=O) groups is 1. The van der Waals surface area contributed by atoms with Crippen LogP contribution < -0.4 is 10.6 Å². The van der Waals surface area contributed by atoms with Crippen molar-refractivity contribution in [3.63, 3.8) is 0 Å². The zero-order chi connectivity index (χ0) is 13.4. The Bertz CT molecular complexity index is 434. The minimum Gasteiger partial charge on any atom is -0.326 e. The van der Waals surface area contributed by atoms with Gasteiger partial charge >= 0.3 is 0 Å². The molecule has 0 spiro atoms. The van der Waals surface area contributed by atoms with Crippen molar-refractivity contribution < 1.29 is 4.79 Å². The number of unbranched alkanes of at least 4 members (excludes halogenated alkanes) is 1. The highest BCUT2D eigenvalue weighted by molar-refractivity contribution is 5.88. The molecule has 0 aliphatic carbocycles. The van der Waals surface area contributed by atoms with Gasteiger partial charge in [-0.05, 0) is 37.6 Å². The van der Waals surface area contributed by atoms with Gasteiger partial charge in [-0.25, -0.2) is 0 Å². The summed E-state index contributed by atoms with van der Waals surface area (Å²) in [6, 6.07) is 8.11. The lowest BCUT2D eigenvalue weighted by Gasteiger charge is -2.15. The van der Waals surface area contributed by atoms with Crippen molar-refractivity contribution in [3.8, 4) is 12.3 Å². The summed E-state index contributed by atoms with van der Waals surface area (Å²) in [5.41, 5.74) is 1.99. The molecule has 1 atom stereocenters. The molecule has 0 aliphatic rings. The summed E-state index contributed by atoms with van der Waals surface area (Å²) in [6.07, 6.45) is 6.98. The summed E-state index contributed by atoms with van der Waals surface area (Å²) in [5, 5.41) is 6.19. The summed E-state index contributed by atoms with van der Waals surface area (Å²) in [5.74, 6) is 2.57. The average molecular weight is 244 g/mol. The predicted octanol–water partition coefficient (Wildman–Crippen LogP) is 2.71. The fraction of sp³-hybridized carbons (Fsp3) is 0.400. The first kappa shape index (κ1) is 14.3. The number of anilines is 1. The lowest BCUT2D eigenvalue weighted by molar-refractivity contribution is -0.114. The van der Waals surface area contributed by atoms with Crippen molar-refractivity contribution in [1.29, 1.82) is 0 Å². The number of rotatable bonds is 6. The van der Waals surface area contributed by atoms with E-state index in [1.165, 1.54) is 6.92 Å². The van der Waals surface area contributed by atoms with Gasteiger partial charge < -0.3 is 10.6 Å². The molecule has 18 heavy (non-hydrogen) atoms. The number of carbonyl (C=O) groups excluding carboxylic acids is 1. The highest BCUT2D eigenvalue weighted by atomic mass is 16.1. The molecule has 0 fully saturated rings. The number of amides is 1. The van der Waals surface area contributed by atoms with Crippen LogP contribution in [0.5, 0.6) is 0 Å². The molecular formula is C15H20N2O. The molecule has 96 valence electrons. The van der Waals surface area contributed by atoms with E-state index >= 15 is 0 Å². The molecule has 1 aromatic carbocycles. The van der Waals surface area contributed by atoms with Gasteiger partial charge in [0, 0.05) is 25.1 Å². The van der Waals surface area contributed by atoms with Crippen molar-refractivity contribution in [1.82, 2.24) is 5.32 Å². The van der Waals surface area contributed by atoms with Crippen LogP contribution in [0.15, 0.2) is 24.3 Å². The van der Waals surface area contributed by atoms with E-state index in [2.05, 4.69) is 23.5 Å². The summed E-state index contributed by atoms with van der Waals surface area (Å²) >= 11 is 0. The third-order valence-corrected chi connectivity index (χ3v) is 2.66. The van der Waals surface area contributed by atoms with Gasteiger partial charge in [-0.2, -0.15) is 0 Å². The lowest BCUT2D eigenvalue weighted by atomic mass is 10.1. The van der Waals surface area contributed by atoms with Crippen molar-refractivity contribution in [2.24, 2.45) is 0 Å². The van der Waals surface area contributed by atoms with Crippen LogP contribution in [0.2, 0.25) is 0 Å². The summed E-state index contributed by atoms with van der Waals surface area (Å²) in [4.78, 5) is 11.0. The van der Waals surface area contributed by atoms with Gasteiger partial charge in [-0.1, -0.05) is 12.1 Å². The second kappa shape index (κ2) is 7.52. The molecule has 1 aromatic rings. The van der Waals surface area contributed by atoms with Crippen LogP contribution in [0.4, 0.5) is 5.69 Å². The molecular weight excluding hydrogens is 224 g/mol. The van der Waals surface area contributed by atoms with Gasteiger partial charge in [0.1, 0.15) is 0 Å². The molecule has 2 N–H and O–H groups in total. The monoisotopic (exact) mass is 244 g/mol. The van der Waals surface area contributed by atoms with Crippen LogP contribution in [0.3, 0.4) is 0 Å². The van der Waals surface area contributed by atoms with E-state index in [4.69, 9.17) is 6.42 Å². The maximum Gasteiger partial charge on any atom is 0.221 e. The first-order chi connectivity index (χ1) is 8.63. The molecule has 0 saturated carbocycles. The second-order valence-electron chi connectivity index (χ2n) is 4.29. The Hall–Kier alpha value is -1.79. The van der Waals surface area contributed by atoms with Crippen LogP contribution in [0, 0.1) is 12.3 Å². The number of hydrogen-bond donors (Lipinski definition) is 2. The van der Waals surface area contributed by atoms with Crippen LogP contribution in [0.25, 0.3) is 0 Å². The van der Waals surface area contributed by atoms with Gasteiger partial charge in [0.15, 0.2) is 0 Å². The van der Waals surface area contributed by atoms with E-state index in [9.17, 15) is 4.79 Å². The molecule has 3 nitrogen and oxygen atoms in total. The van der Waals surface area contributed by atoms with E-state index in [-0.39, 0.29) is 11.9 Å². The molecule has 0 aliphatic heterocycles. The normalized spacial score (nSPS) is 11.6. The molecule has 0 radical (unpaired) electrons. The van der Waals surface area contributed by atoms with Crippen LogP contribution in [0.1, 0.15) is 38.3 Å².